The predicted octanol–water partition coefficient (Wildman–Crippen LogP) is 4.29. The summed E-state index contributed by atoms with van der Waals surface area (Å²) in [6.07, 6.45) is 7.35. The lowest BCUT2D eigenvalue weighted by Crippen LogP contribution is -2.47. The van der Waals surface area contributed by atoms with Crippen LogP contribution >= 0.6 is 0 Å². The Bertz CT molecular complexity index is 966. The number of piperidine rings is 1. The lowest BCUT2D eigenvalue weighted by atomic mass is 9.87. The Labute approximate surface area is 188 Å². The summed E-state index contributed by atoms with van der Waals surface area (Å²) in [5.41, 5.74) is 3.12. The molecular formula is C25H31F2N3O2. The van der Waals surface area contributed by atoms with Crippen LogP contribution in [0.2, 0.25) is 0 Å². The largest absolute Gasteiger partial charge is 0.377 e. The molecule has 3 fully saturated rings. The molecule has 0 spiro atoms. The van der Waals surface area contributed by atoms with Crippen molar-refractivity contribution in [1.82, 2.24) is 10.2 Å². The minimum atomic E-state index is -2.58. The molecule has 1 aromatic carbocycles. The molecule has 172 valence electrons. The average Bonchev–Trinajstić information content (AvgIpc) is 3.41. The first-order valence-electron chi connectivity index (χ1n) is 11.2. The van der Waals surface area contributed by atoms with Gasteiger partial charge < -0.3 is 15.1 Å². The van der Waals surface area contributed by atoms with Gasteiger partial charge >= 0.3 is 0 Å². The number of halogens is 2. The molecule has 1 heterocycles. The van der Waals surface area contributed by atoms with E-state index in [1.165, 1.54) is 12.5 Å². The van der Waals surface area contributed by atoms with Crippen molar-refractivity contribution in [2.45, 2.75) is 51.5 Å². The van der Waals surface area contributed by atoms with E-state index < -0.39 is 5.92 Å². The van der Waals surface area contributed by atoms with Gasteiger partial charge in [-0.25, -0.2) is 8.78 Å². The summed E-state index contributed by atoms with van der Waals surface area (Å²) in [5.74, 6) is -2.23. The van der Waals surface area contributed by atoms with Gasteiger partial charge in [-0.05, 0) is 67.1 Å². The standard InChI is InChI=1S/C25H31F2N3O2/c1-17-6-7-21(22(11-17)30-10-8-24(2)12-18(24)15-30)23(32)28-19(16-31)5-4-9-29(3)20-13-25(26,27)14-20/h4-7,9,11,16,18,20H,8,10,12-15H2,1-3H3,(H,28,32)/b9-4-,19-5+. The predicted molar refractivity (Wildman–Crippen MR) is 121 cm³/mol. The molecule has 2 aliphatic carbocycles. The SMILES string of the molecule is Cc1ccc(C(=O)N/C(C=O)=C/C=C\N(C)C2CC(F)(F)C2)c(N2CCC3(C)CC3C2)c1. The average molecular weight is 444 g/mol. The highest BCUT2D eigenvalue weighted by Crippen LogP contribution is 2.57. The fourth-order valence-corrected chi connectivity index (χ4v) is 4.79. The zero-order valence-corrected chi connectivity index (χ0v) is 18.9. The summed E-state index contributed by atoms with van der Waals surface area (Å²) in [7, 11) is 1.73. The van der Waals surface area contributed by atoms with Gasteiger partial charge in [0.05, 0.1) is 11.3 Å². The van der Waals surface area contributed by atoms with Gasteiger partial charge in [0.15, 0.2) is 6.29 Å². The second-order valence-electron chi connectivity index (χ2n) is 9.89. The van der Waals surface area contributed by atoms with Crippen molar-refractivity contribution < 1.29 is 18.4 Å². The first-order valence-corrected chi connectivity index (χ1v) is 11.2. The molecule has 2 atom stereocenters. The van der Waals surface area contributed by atoms with Gasteiger partial charge in [-0.1, -0.05) is 13.0 Å². The van der Waals surface area contributed by atoms with Gasteiger partial charge in [-0.15, -0.1) is 0 Å². The number of amides is 1. The molecule has 1 amide bonds. The topological polar surface area (TPSA) is 52.7 Å². The molecule has 2 saturated carbocycles. The van der Waals surface area contributed by atoms with E-state index in [0.717, 1.165) is 30.8 Å². The third-order valence-electron chi connectivity index (χ3n) is 7.30. The van der Waals surface area contributed by atoms with Crippen LogP contribution < -0.4 is 10.2 Å². The lowest BCUT2D eigenvalue weighted by molar-refractivity contribution is -0.112. The Morgan fingerprint density at radius 1 is 1.28 bits per heavy atom. The van der Waals surface area contributed by atoms with Crippen LogP contribution in [0, 0.1) is 18.3 Å². The number of carbonyl (C=O) groups is 2. The van der Waals surface area contributed by atoms with Crippen LogP contribution in [0.1, 0.15) is 48.5 Å². The number of alkyl halides is 2. The van der Waals surface area contributed by atoms with Gasteiger partial charge in [0.25, 0.3) is 11.8 Å². The van der Waals surface area contributed by atoms with Crippen LogP contribution in [0.5, 0.6) is 0 Å². The highest BCUT2D eigenvalue weighted by atomic mass is 19.3. The Balaban J connectivity index is 1.43. The van der Waals surface area contributed by atoms with Gasteiger partial charge in [-0.2, -0.15) is 0 Å². The van der Waals surface area contributed by atoms with Crippen LogP contribution in [0.15, 0.2) is 42.2 Å². The van der Waals surface area contributed by atoms with Crippen molar-refractivity contribution in [3.05, 3.63) is 53.4 Å². The third kappa shape index (κ3) is 4.71. The zero-order valence-electron chi connectivity index (χ0n) is 18.9. The van der Waals surface area contributed by atoms with Crippen molar-refractivity contribution >= 4 is 17.9 Å². The molecule has 32 heavy (non-hydrogen) atoms. The van der Waals surface area contributed by atoms with Crippen LogP contribution in [0.25, 0.3) is 0 Å². The molecule has 1 saturated heterocycles. The zero-order chi connectivity index (χ0) is 23.1. The minimum absolute atomic E-state index is 0.124. The van der Waals surface area contributed by atoms with E-state index >= 15 is 0 Å². The fraction of sp³-hybridized carbons (Fsp3) is 0.520. The van der Waals surface area contributed by atoms with Gasteiger partial charge in [0.1, 0.15) is 0 Å². The number of fused-ring (bicyclic) bond motifs is 1. The normalized spacial score (nSPS) is 27.0. The van der Waals surface area contributed by atoms with Crippen molar-refractivity contribution in [1.29, 1.82) is 0 Å². The van der Waals surface area contributed by atoms with Crippen LogP contribution in [-0.4, -0.2) is 49.2 Å². The molecule has 7 heteroatoms. The molecule has 2 unspecified atom stereocenters. The van der Waals surface area contributed by atoms with E-state index in [4.69, 9.17) is 0 Å². The molecule has 3 aliphatic rings. The van der Waals surface area contributed by atoms with E-state index in [-0.39, 0.29) is 30.5 Å². The smallest absolute Gasteiger partial charge is 0.257 e. The monoisotopic (exact) mass is 443 g/mol. The highest BCUT2D eigenvalue weighted by molar-refractivity contribution is 6.02. The minimum Gasteiger partial charge on any atom is -0.377 e. The van der Waals surface area contributed by atoms with Crippen molar-refractivity contribution in [2.24, 2.45) is 11.3 Å². The number of benzene rings is 1. The number of nitrogens with one attached hydrogen (secondary N) is 1. The maximum absolute atomic E-state index is 13.0. The number of aryl methyl sites for hydroxylation is 1. The summed E-state index contributed by atoms with van der Waals surface area (Å²) in [6.45, 7) is 6.21. The summed E-state index contributed by atoms with van der Waals surface area (Å²) >= 11 is 0. The third-order valence-corrected chi connectivity index (χ3v) is 7.30. The number of rotatable bonds is 7. The van der Waals surface area contributed by atoms with Gasteiger partial charge in [-0.3, -0.25) is 9.59 Å². The quantitative estimate of drug-likeness (QED) is 0.388. The number of aldehydes is 1. The first-order chi connectivity index (χ1) is 15.1. The van der Waals surface area contributed by atoms with Gasteiger partial charge in [0.2, 0.25) is 0 Å². The molecule has 1 aromatic rings. The van der Waals surface area contributed by atoms with Crippen LogP contribution in [0.3, 0.4) is 0 Å². The molecule has 5 nitrogen and oxygen atoms in total. The molecule has 0 radical (unpaired) electrons. The van der Waals surface area contributed by atoms with E-state index in [1.807, 2.05) is 25.1 Å². The van der Waals surface area contributed by atoms with E-state index in [9.17, 15) is 18.4 Å². The molecular weight excluding hydrogens is 412 g/mol. The first kappa shape index (κ1) is 22.5. The summed E-state index contributed by atoms with van der Waals surface area (Å²) in [6, 6.07) is 5.53. The maximum atomic E-state index is 13.0. The van der Waals surface area contributed by atoms with E-state index in [0.29, 0.717) is 23.2 Å². The number of allylic oxidation sites excluding steroid dienone is 3. The van der Waals surface area contributed by atoms with E-state index in [1.54, 1.807) is 24.2 Å². The number of carbonyl (C=O) groups excluding carboxylic acids is 2. The summed E-state index contributed by atoms with van der Waals surface area (Å²) in [5, 5.41) is 2.69. The van der Waals surface area contributed by atoms with Crippen LogP contribution in [-0.2, 0) is 4.79 Å². The molecule has 1 N–H and O–H groups in total. The lowest BCUT2D eigenvalue weighted by Gasteiger charge is -2.40. The number of anilines is 1. The van der Waals surface area contributed by atoms with Crippen LogP contribution in [0.4, 0.5) is 14.5 Å². The number of hydrogen-bond donors (Lipinski definition) is 1. The molecule has 0 aromatic heterocycles. The second-order valence-corrected chi connectivity index (χ2v) is 9.89. The molecule has 0 bridgehead atoms. The fourth-order valence-electron chi connectivity index (χ4n) is 4.79. The van der Waals surface area contributed by atoms with Gasteiger partial charge in [0, 0.05) is 44.7 Å². The Morgan fingerprint density at radius 2 is 2.03 bits per heavy atom. The van der Waals surface area contributed by atoms with E-state index in [2.05, 4.69) is 17.1 Å². The number of hydrogen-bond acceptors (Lipinski definition) is 4. The Morgan fingerprint density at radius 3 is 2.69 bits per heavy atom. The number of nitrogens with zero attached hydrogens (tertiary/aromatic N) is 2. The maximum Gasteiger partial charge on any atom is 0.257 e. The highest BCUT2D eigenvalue weighted by Gasteiger charge is 2.52. The summed E-state index contributed by atoms with van der Waals surface area (Å²) < 4.78 is 26.1. The van der Waals surface area contributed by atoms with Crippen molar-refractivity contribution in [2.75, 3.05) is 25.0 Å². The van der Waals surface area contributed by atoms with Crippen molar-refractivity contribution in [3.63, 3.8) is 0 Å². The second kappa shape index (κ2) is 8.34. The van der Waals surface area contributed by atoms with Crippen molar-refractivity contribution in [3.8, 4) is 0 Å². The summed E-state index contributed by atoms with van der Waals surface area (Å²) in [4.78, 5) is 28.5. The molecule has 1 aliphatic heterocycles. The Hall–Kier alpha value is -2.70. The Kier molecular flexibility index (Phi) is 5.86. The molecule has 4 rings (SSSR count).